The van der Waals surface area contributed by atoms with Crippen molar-refractivity contribution in [3.05, 3.63) is 35.0 Å². The molecule has 2 fully saturated rings. The van der Waals surface area contributed by atoms with Crippen LogP contribution in [-0.4, -0.2) is 104 Å². The summed E-state index contributed by atoms with van der Waals surface area (Å²) in [4.78, 5) is 13.8. The Balaban J connectivity index is 1.63. The fourth-order valence-electron chi connectivity index (χ4n) is 5.08. The molecule has 2 unspecified atom stereocenters. The Bertz CT molecular complexity index is 1050. The van der Waals surface area contributed by atoms with Gasteiger partial charge in [0.25, 0.3) is 0 Å². The average Bonchev–Trinajstić information content (AvgIpc) is 2.96. The maximum absolute atomic E-state index is 11.4. The molecule has 2 atom stereocenters. The first-order valence-electron chi connectivity index (χ1n) is 13.8. The highest BCUT2D eigenvalue weighted by molar-refractivity contribution is 6.31. The van der Waals surface area contributed by atoms with Gasteiger partial charge < -0.3 is 34.6 Å². The number of aromatic nitrogens is 2. The van der Waals surface area contributed by atoms with Crippen LogP contribution < -0.4 is 15.0 Å². The molecule has 1 aromatic carbocycles. The van der Waals surface area contributed by atoms with Gasteiger partial charge in [-0.3, -0.25) is 4.90 Å². The molecule has 0 aliphatic carbocycles. The van der Waals surface area contributed by atoms with E-state index in [1.807, 2.05) is 31.1 Å². The van der Waals surface area contributed by atoms with Crippen molar-refractivity contribution >= 4 is 17.4 Å². The zero-order valence-electron chi connectivity index (χ0n) is 23.2. The van der Waals surface area contributed by atoms with Crippen LogP contribution in [0.4, 0.5) is 5.82 Å². The first-order valence-corrected chi connectivity index (χ1v) is 14.1. The molecule has 11 heteroatoms. The molecule has 3 heterocycles. The van der Waals surface area contributed by atoms with Crippen molar-refractivity contribution in [2.45, 2.75) is 44.1 Å². The third-order valence-electron chi connectivity index (χ3n) is 7.41. The molecule has 39 heavy (non-hydrogen) atoms. The van der Waals surface area contributed by atoms with Gasteiger partial charge in [-0.05, 0) is 63.9 Å². The third kappa shape index (κ3) is 8.47. The number of hydrogen-bond donors (Lipinski definition) is 3. The van der Waals surface area contributed by atoms with E-state index in [0.29, 0.717) is 53.5 Å². The van der Waals surface area contributed by atoms with Gasteiger partial charge in [0.15, 0.2) is 12.1 Å². The van der Waals surface area contributed by atoms with Gasteiger partial charge in [-0.2, -0.15) is 0 Å². The maximum atomic E-state index is 11.4. The highest BCUT2D eigenvalue weighted by Gasteiger charge is 2.25. The van der Waals surface area contributed by atoms with Gasteiger partial charge in [0, 0.05) is 69.3 Å². The standard InChI is InChI=1S/C28H42ClN5O5/c1-30-16-23(35)18-39-24-13-20(12-21(29)14-24)27-31-25(28(36)33(2)17-19-4-8-37-9-5-19)15-26(32-27)34(3)22-6-10-38-11-7-22/h12-15,19,22-23,28,30,35-36H,4-11,16-18H2,1-3H3. The summed E-state index contributed by atoms with van der Waals surface area (Å²) in [6, 6.07) is 7.45. The van der Waals surface area contributed by atoms with E-state index in [1.165, 1.54) is 0 Å². The quantitative estimate of drug-likeness (QED) is 0.333. The van der Waals surface area contributed by atoms with Gasteiger partial charge in [0.05, 0.1) is 5.69 Å². The summed E-state index contributed by atoms with van der Waals surface area (Å²) in [6.45, 7) is 4.23. The summed E-state index contributed by atoms with van der Waals surface area (Å²) < 4.78 is 16.9. The number of rotatable bonds is 12. The Hall–Kier alpha value is -2.05. The Labute approximate surface area is 236 Å². The van der Waals surface area contributed by atoms with E-state index in [1.54, 1.807) is 19.2 Å². The molecule has 4 rings (SSSR count). The topological polar surface area (TPSA) is 112 Å². The molecule has 2 saturated heterocycles. The second-order valence-electron chi connectivity index (χ2n) is 10.5. The summed E-state index contributed by atoms with van der Waals surface area (Å²) in [6.07, 6.45) is 2.22. The van der Waals surface area contributed by atoms with E-state index < -0.39 is 12.3 Å². The average molecular weight is 564 g/mol. The lowest BCUT2D eigenvalue weighted by Gasteiger charge is -2.33. The minimum absolute atomic E-state index is 0.120. The van der Waals surface area contributed by atoms with E-state index >= 15 is 0 Å². The van der Waals surface area contributed by atoms with E-state index in [9.17, 15) is 10.2 Å². The van der Waals surface area contributed by atoms with E-state index in [0.717, 1.165) is 51.3 Å². The van der Waals surface area contributed by atoms with Crippen molar-refractivity contribution < 1.29 is 24.4 Å². The van der Waals surface area contributed by atoms with Crippen molar-refractivity contribution in [2.24, 2.45) is 5.92 Å². The van der Waals surface area contributed by atoms with Gasteiger partial charge in [0.2, 0.25) is 0 Å². The summed E-state index contributed by atoms with van der Waals surface area (Å²) in [7, 11) is 5.72. The molecular weight excluding hydrogens is 522 g/mol. The highest BCUT2D eigenvalue weighted by atomic mass is 35.5. The van der Waals surface area contributed by atoms with Crippen molar-refractivity contribution in [1.29, 1.82) is 0 Å². The van der Waals surface area contributed by atoms with Gasteiger partial charge in [0.1, 0.15) is 24.3 Å². The summed E-state index contributed by atoms with van der Waals surface area (Å²) in [5, 5.41) is 24.8. The number of ether oxygens (including phenoxy) is 3. The number of aliphatic hydroxyl groups excluding tert-OH is 2. The van der Waals surface area contributed by atoms with Gasteiger partial charge >= 0.3 is 0 Å². The summed E-state index contributed by atoms with van der Waals surface area (Å²) in [5.74, 6) is 2.16. The van der Waals surface area contributed by atoms with Crippen LogP contribution in [0.2, 0.25) is 5.02 Å². The molecule has 2 aliphatic rings. The van der Waals surface area contributed by atoms with Gasteiger partial charge in [-0.15, -0.1) is 0 Å². The molecule has 10 nitrogen and oxygen atoms in total. The Morgan fingerprint density at radius 3 is 2.41 bits per heavy atom. The van der Waals surface area contributed by atoms with E-state index in [2.05, 4.69) is 10.2 Å². The smallest absolute Gasteiger partial charge is 0.162 e. The lowest BCUT2D eigenvalue weighted by molar-refractivity contribution is -0.0110. The van der Waals surface area contributed by atoms with Crippen LogP contribution in [0, 0.1) is 5.92 Å². The van der Waals surface area contributed by atoms with Crippen LogP contribution >= 0.6 is 11.6 Å². The van der Waals surface area contributed by atoms with Gasteiger partial charge in [-0.1, -0.05) is 11.6 Å². The molecule has 1 aromatic heterocycles. The molecule has 0 saturated carbocycles. The first kappa shape index (κ1) is 29.9. The normalized spacial score (nSPS) is 18.7. The minimum atomic E-state index is -0.900. The fraction of sp³-hybridized carbons (Fsp3) is 0.643. The zero-order chi connectivity index (χ0) is 27.8. The molecule has 0 spiro atoms. The Morgan fingerprint density at radius 1 is 1.03 bits per heavy atom. The second-order valence-corrected chi connectivity index (χ2v) is 10.9. The van der Waals surface area contributed by atoms with Crippen LogP contribution in [0.1, 0.15) is 37.6 Å². The molecule has 0 bridgehead atoms. The zero-order valence-corrected chi connectivity index (χ0v) is 23.9. The van der Waals surface area contributed by atoms with Crippen LogP contribution in [-0.2, 0) is 9.47 Å². The number of benzene rings is 1. The molecule has 216 valence electrons. The van der Waals surface area contributed by atoms with Crippen LogP contribution in [0.5, 0.6) is 5.75 Å². The van der Waals surface area contributed by atoms with Gasteiger partial charge in [-0.25, -0.2) is 9.97 Å². The monoisotopic (exact) mass is 563 g/mol. The predicted octanol–water partition coefficient (Wildman–Crippen LogP) is 2.72. The van der Waals surface area contributed by atoms with Crippen LogP contribution in [0.25, 0.3) is 11.4 Å². The Kier molecular flexibility index (Phi) is 11.2. The Morgan fingerprint density at radius 2 is 1.72 bits per heavy atom. The molecule has 0 amide bonds. The predicted molar refractivity (Wildman–Crippen MR) is 151 cm³/mol. The van der Waals surface area contributed by atoms with Crippen molar-refractivity contribution in [2.75, 3.05) is 72.2 Å². The number of likely N-dealkylation sites (N-methyl/N-ethyl adjacent to an activating group) is 1. The SMILES string of the molecule is CNCC(O)COc1cc(Cl)cc(-c2nc(C(O)N(C)CC3CCOCC3)cc(N(C)C3CCOCC3)n2)c1. The number of nitrogens with zero attached hydrogens (tertiary/aromatic N) is 4. The molecule has 2 aliphatic heterocycles. The highest BCUT2D eigenvalue weighted by Crippen LogP contribution is 2.31. The van der Waals surface area contributed by atoms with E-state index in [4.69, 9.17) is 35.8 Å². The second kappa shape index (κ2) is 14.5. The lowest BCUT2D eigenvalue weighted by Crippen LogP contribution is -2.37. The minimum Gasteiger partial charge on any atom is -0.491 e. The molecule has 3 N–H and O–H groups in total. The lowest BCUT2D eigenvalue weighted by atomic mass is 10.00. The van der Waals surface area contributed by atoms with Crippen LogP contribution in [0.3, 0.4) is 0 Å². The number of halogens is 1. The number of anilines is 1. The van der Waals surface area contributed by atoms with E-state index in [-0.39, 0.29) is 12.6 Å². The first-order chi connectivity index (χ1) is 18.8. The van der Waals surface area contributed by atoms with Crippen molar-refractivity contribution in [1.82, 2.24) is 20.2 Å². The summed E-state index contributed by atoms with van der Waals surface area (Å²) in [5.41, 5.74) is 1.19. The fourth-order valence-corrected chi connectivity index (χ4v) is 5.30. The molecular formula is C28H42ClN5O5. The van der Waals surface area contributed by atoms with Crippen molar-refractivity contribution in [3.63, 3.8) is 0 Å². The number of aliphatic hydroxyl groups is 2. The third-order valence-corrected chi connectivity index (χ3v) is 7.63. The van der Waals surface area contributed by atoms with Crippen molar-refractivity contribution in [3.8, 4) is 17.1 Å². The summed E-state index contributed by atoms with van der Waals surface area (Å²) >= 11 is 6.46. The molecule has 2 aromatic rings. The largest absolute Gasteiger partial charge is 0.491 e. The molecule has 0 radical (unpaired) electrons. The maximum Gasteiger partial charge on any atom is 0.162 e. The number of hydrogen-bond acceptors (Lipinski definition) is 10. The number of nitrogens with one attached hydrogen (secondary N) is 1. The van der Waals surface area contributed by atoms with Crippen LogP contribution in [0.15, 0.2) is 24.3 Å².